The first-order valence-corrected chi connectivity index (χ1v) is 8.83. The van der Waals surface area contributed by atoms with Gasteiger partial charge in [0.25, 0.3) is 0 Å². The minimum absolute atomic E-state index is 0.0947. The van der Waals surface area contributed by atoms with Crippen molar-refractivity contribution in [3.63, 3.8) is 0 Å². The van der Waals surface area contributed by atoms with Crippen molar-refractivity contribution in [3.05, 3.63) is 0 Å². The van der Waals surface area contributed by atoms with Crippen molar-refractivity contribution in [2.45, 2.75) is 96.6 Å². The third-order valence-corrected chi connectivity index (χ3v) is 4.43. The van der Waals surface area contributed by atoms with Crippen molar-refractivity contribution in [2.24, 2.45) is 0 Å². The third kappa shape index (κ3) is 5.35. The summed E-state index contributed by atoms with van der Waals surface area (Å²) in [5.41, 5.74) is -0.717. The molecular formula is C18H34N2O3. The molecule has 1 N–H and O–H groups in total. The molecule has 2 rings (SSSR count). The largest absolute Gasteiger partial charge is 0.444 e. The van der Waals surface area contributed by atoms with E-state index in [9.17, 15) is 4.79 Å². The van der Waals surface area contributed by atoms with Gasteiger partial charge in [0.05, 0.1) is 11.2 Å². The number of rotatable bonds is 5. The van der Waals surface area contributed by atoms with Gasteiger partial charge >= 0.3 is 6.09 Å². The molecule has 2 aliphatic rings. The Hall–Kier alpha value is -0.810. The summed E-state index contributed by atoms with van der Waals surface area (Å²) in [4.78, 5) is 14.2. The van der Waals surface area contributed by atoms with Crippen LogP contribution in [0.1, 0.15) is 67.7 Å². The summed E-state index contributed by atoms with van der Waals surface area (Å²) >= 11 is 0. The van der Waals surface area contributed by atoms with Crippen LogP contribution in [0.25, 0.3) is 0 Å². The van der Waals surface area contributed by atoms with Crippen LogP contribution in [-0.4, -0.2) is 53.0 Å². The minimum Gasteiger partial charge on any atom is -0.444 e. The number of ether oxygens (including phenoxy) is 2. The lowest BCUT2D eigenvalue weighted by Gasteiger charge is -2.30. The molecule has 23 heavy (non-hydrogen) atoms. The number of carbonyl (C=O) groups is 1. The van der Waals surface area contributed by atoms with Crippen molar-refractivity contribution in [1.29, 1.82) is 0 Å². The van der Waals surface area contributed by atoms with E-state index in [1.54, 1.807) is 0 Å². The number of nitrogens with one attached hydrogen (secondary N) is 1. The van der Waals surface area contributed by atoms with Gasteiger partial charge in [0.15, 0.2) is 0 Å². The molecular weight excluding hydrogens is 292 g/mol. The maximum Gasteiger partial charge on any atom is 0.410 e. The van der Waals surface area contributed by atoms with E-state index in [0.717, 1.165) is 25.8 Å². The van der Waals surface area contributed by atoms with Gasteiger partial charge in [-0.15, -0.1) is 0 Å². The Morgan fingerprint density at radius 1 is 1.26 bits per heavy atom. The van der Waals surface area contributed by atoms with Crippen molar-refractivity contribution < 1.29 is 14.3 Å². The van der Waals surface area contributed by atoms with E-state index in [1.807, 2.05) is 25.7 Å². The zero-order chi connectivity index (χ0) is 17.5. The van der Waals surface area contributed by atoms with Crippen LogP contribution in [0.15, 0.2) is 0 Å². The van der Waals surface area contributed by atoms with Crippen LogP contribution < -0.4 is 5.32 Å². The maximum atomic E-state index is 12.3. The van der Waals surface area contributed by atoms with E-state index in [0.29, 0.717) is 18.6 Å². The summed E-state index contributed by atoms with van der Waals surface area (Å²) < 4.78 is 11.6. The Bertz CT molecular complexity index is 436. The van der Waals surface area contributed by atoms with Gasteiger partial charge in [-0.25, -0.2) is 4.79 Å². The second kappa shape index (κ2) is 6.25. The zero-order valence-electron chi connectivity index (χ0n) is 15.9. The second-order valence-corrected chi connectivity index (χ2v) is 9.08. The summed E-state index contributed by atoms with van der Waals surface area (Å²) in [5, 5.41) is 3.58. The molecule has 0 bridgehead atoms. The van der Waals surface area contributed by atoms with E-state index in [-0.39, 0.29) is 17.3 Å². The van der Waals surface area contributed by atoms with Gasteiger partial charge in [-0.05, 0) is 67.7 Å². The molecule has 0 aromatic rings. The summed E-state index contributed by atoms with van der Waals surface area (Å²) in [6.45, 7) is 15.7. The first-order valence-electron chi connectivity index (χ1n) is 8.83. The lowest BCUT2D eigenvalue weighted by Crippen LogP contribution is -2.47. The number of amides is 1. The van der Waals surface area contributed by atoms with E-state index in [1.165, 1.54) is 0 Å². The molecule has 2 fully saturated rings. The van der Waals surface area contributed by atoms with Gasteiger partial charge in [-0.3, -0.25) is 0 Å². The molecule has 5 nitrogen and oxygen atoms in total. The van der Waals surface area contributed by atoms with Crippen LogP contribution in [0.3, 0.4) is 0 Å². The molecule has 1 aliphatic carbocycles. The molecule has 0 aromatic carbocycles. The molecule has 1 aliphatic heterocycles. The fourth-order valence-electron chi connectivity index (χ4n) is 3.37. The minimum atomic E-state index is -0.442. The van der Waals surface area contributed by atoms with Crippen LogP contribution >= 0.6 is 0 Å². The van der Waals surface area contributed by atoms with Gasteiger partial charge in [0.2, 0.25) is 0 Å². The smallest absolute Gasteiger partial charge is 0.410 e. The second-order valence-electron chi connectivity index (χ2n) is 9.08. The first-order chi connectivity index (χ1) is 10.4. The Morgan fingerprint density at radius 3 is 2.30 bits per heavy atom. The number of carbonyl (C=O) groups excluding carboxylic acids is 1. The average Bonchev–Trinajstić information content (AvgIpc) is 3.09. The maximum absolute atomic E-state index is 12.3. The Balaban J connectivity index is 1.85. The van der Waals surface area contributed by atoms with Gasteiger partial charge in [0, 0.05) is 25.2 Å². The first kappa shape index (κ1) is 18.5. The standard InChI is InChI=1S/C18H34N2O3/c1-16(2,3)22-15(21)20(13-8-9-13)11-10-19-14-12-17(4,5)23-18(14,6)7/h13-14,19H,8-12H2,1-7H3. The molecule has 134 valence electrons. The van der Waals surface area contributed by atoms with Crippen LogP contribution in [0, 0.1) is 0 Å². The number of hydrogen-bond acceptors (Lipinski definition) is 4. The number of hydrogen-bond donors (Lipinski definition) is 1. The predicted octanol–water partition coefficient (Wildman–Crippen LogP) is 3.32. The van der Waals surface area contributed by atoms with Crippen LogP contribution in [0.4, 0.5) is 4.79 Å². The average molecular weight is 326 g/mol. The molecule has 0 spiro atoms. The van der Waals surface area contributed by atoms with E-state index < -0.39 is 5.60 Å². The Morgan fingerprint density at radius 2 is 1.87 bits per heavy atom. The molecule has 1 amide bonds. The quantitative estimate of drug-likeness (QED) is 0.842. The monoisotopic (exact) mass is 326 g/mol. The summed E-state index contributed by atoms with van der Waals surface area (Å²) in [7, 11) is 0. The molecule has 5 heteroatoms. The summed E-state index contributed by atoms with van der Waals surface area (Å²) in [6.07, 6.45) is 2.97. The fraction of sp³-hybridized carbons (Fsp3) is 0.944. The highest BCUT2D eigenvalue weighted by Crippen LogP contribution is 2.37. The Kier molecular flexibility index (Phi) is 5.03. The molecule has 1 saturated carbocycles. The lowest BCUT2D eigenvalue weighted by molar-refractivity contribution is -0.0698. The van der Waals surface area contributed by atoms with Crippen molar-refractivity contribution in [1.82, 2.24) is 10.2 Å². The van der Waals surface area contributed by atoms with Crippen molar-refractivity contribution >= 4 is 6.09 Å². The SMILES string of the molecule is CC(C)(C)OC(=O)N(CCNC1CC(C)(C)OC1(C)C)C1CC1. The third-order valence-electron chi connectivity index (χ3n) is 4.43. The molecule has 1 unspecified atom stereocenters. The topological polar surface area (TPSA) is 50.8 Å². The van der Waals surface area contributed by atoms with Gasteiger partial charge in [0.1, 0.15) is 5.60 Å². The summed E-state index contributed by atoms with van der Waals surface area (Å²) in [6, 6.07) is 0.660. The highest BCUT2D eigenvalue weighted by Gasteiger charge is 2.45. The van der Waals surface area contributed by atoms with Crippen molar-refractivity contribution in [2.75, 3.05) is 13.1 Å². The van der Waals surface area contributed by atoms with Crippen LogP contribution in [0.2, 0.25) is 0 Å². The van der Waals surface area contributed by atoms with E-state index >= 15 is 0 Å². The number of nitrogens with zero attached hydrogens (tertiary/aromatic N) is 1. The van der Waals surface area contributed by atoms with Gasteiger partial charge < -0.3 is 19.7 Å². The fourth-order valence-corrected chi connectivity index (χ4v) is 3.37. The lowest BCUT2D eigenvalue weighted by atomic mass is 9.94. The van der Waals surface area contributed by atoms with Crippen molar-refractivity contribution in [3.8, 4) is 0 Å². The van der Waals surface area contributed by atoms with E-state index in [4.69, 9.17) is 9.47 Å². The van der Waals surface area contributed by atoms with E-state index in [2.05, 4.69) is 33.0 Å². The van der Waals surface area contributed by atoms with Gasteiger partial charge in [-0.1, -0.05) is 0 Å². The highest BCUT2D eigenvalue weighted by atomic mass is 16.6. The zero-order valence-corrected chi connectivity index (χ0v) is 15.9. The highest BCUT2D eigenvalue weighted by molar-refractivity contribution is 5.69. The molecule has 1 saturated heterocycles. The van der Waals surface area contributed by atoms with Crippen LogP contribution in [-0.2, 0) is 9.47 Å². The molecule has 0 radical (unpaired) electrons. The van der Waals surface area contributed by atoms with Crippen LogP contribution in [0.5, 0.6) is 0 Å². The molecule has 1 atom stereocenters. The molecule has 1 heterocycles. The molecule has 0 aromatic heterocycles. The predicted molar refractivity (Wildman–Crippen MR) is 91.6 cm³/mol. The normalized spacial score (nSPS) is 26.1. The van der Waals surface area contributed by atoms with Gasteiger partial charge in [-0.2, -0.15) is 0 Å². The Labute approximate surface area is 141 Å². The summed E-state index contributed by atoms with van der Waals surface area (Å²) in [5.74, 6) is 0.